The predicted molar refractivity (Wildman–Crippen MR) is 156 cm³/mol. The Balaban J connectivity index is 0.000000241. The number of carboxylic acid groups (broad SMARTS) is 1. The van der Waals surface area contributed by atoms with Gasteiger partial charge >= 0.3 is 5.97 Å². The molecule has 5 rings (SSSR count). The van der Waals surface area contributed by atoms with Crippen LogP contribution >= 0.6 is 11.6 Å². The number of nitrogens with two attached hydrogens (primary N) is 1. The number of hydrogen-bond donors (Lipinski definition) is 3. The average Bonchev–Trinajstić information content (AvgIpc) is 3.35. The maximum Gasteiger partial charge on any atom is 0.372 e. The maximum atomic E-state index is 12.4. The molecule has 0 spiro atoms. The number of methoxy groups -OCH3 is 1. The number of carbonyl (C=O) groups is 3. The highest BCUT2D eigenvalue weighted by atomic mass is 35.5. The van der Waals surface area contributed by atoms with Crippen LogP contribution in [0.4, 0.5) is 17.2 Å². The molecule has 3 heterocycles. The molecule has 1 fully saturated rings. The summed E-state index contributed by atoms with van der Waals surface area (Å²) in [6.07, 6.45) is 1.40. The quantitative estimate of drug-likeness (QED) is 0.193. The maximum absolute atomic E-state index is 12.4. The van der Waals surface area contributed by atoms with Gasteiger partial charge in [0.2, 0.25) is 11.7 Å². The number of hydrogen-bond acceptors (Lipinski definition) is 9. The van der Waals surface area contributed by atoms with Crippen molar-refractivity contribution in [3.8, 4) is 5.75 Å². The van der Waals surface area contributed by atoms with E-state index in [0.29, 0.717) is 53.1 Å². The van der Waals surface area contributed by atoms with Crippen LogP contribution in [0.5, 0.6) is 5.75 Å². The highest BCUT2D eigenvalue weighted by Gasteiger charge is 2.22. The van der Waals surface area contributed by atoms with Crippen molar-refractivity contribution in [2.24, 2.45) is 0 Å². The van der Waals surface area contributed by atoms with Crippen LogP contribution < -0.4 is 20.7 Å². The SMILES string of the molecule is COCCOc1cccc2c1nc(C(=O)O)n2CC(=O)Nc1ccc(Cl)cn1.Nc1ccc(N2CCOCC2=O)cc1. The smallest absolute Gasteiger partial charge is 0.372 e. The number of carboxylic acids is 1. The van der Waals surface area contributed by atoms with E-state index in [4.69, 9.17) is 31.5 Å². The zero-order chi connectivity index (χ0) is 30.1. The number of aromatic carboxylic acids is 1. The van der Waals surface area contributed by atoms with Crippen LogP contribution in [-0.2, 0) is 25.6 Å². The van der Waals surface area contributed by atoms with Gasteiger partial charge in [0.1, 0.15) is 36.8 Å². The molecule has 42 heavy (non-hydrogen) atoms. The number of nitrogens with one attached hydrogen (secondary N) is 1. The van der Waals surface area contributed by atoms with E-state index in [0.717, 1.165) is 5.69 Å². The lowest BCUT2D eigenvalue weighted by Gasteiger charge is -2.26. The number of benzene rings is 2. The van der Waals surface area contributed by atoms with E-state index in [9.17, 15) is 19.5 Å². The Labute approximate surface area is 245 Å². The van der Waals surface area contributed by atoms with Gasteiger partial charge in [-0.15, -0.1) is 0 Å². The fourth-order valence-electron chi connectivity index (χ4n) is 4.02. The molecule has 0 atom stereocenters. The molecule has 1 aliphatic heterocycles. The first-order valence-corrected chi connectivity index (χ1v) is 13.1. The number of fused-ring (bicyclic) bond motifs is 1. The number of imidazole rings is 1. The molecule has 220 valence electrons. The number of anilines is 3. The van der Waals surface area contributed by atoms with Gasteiger partial charge in [0.25, 0.3) is 5.91 Å². The number of halogens is 1. The molecule has 0 unspecified atom stereocenters. The van der Waals surface area contributed by atoms with Crippen LogP contribution in [0.25, 0.3) is 11.0 Å². The standard InChI is InChI=1S/C18H17ClN4O5.C10H12N2O2/c1-27-7-8-28-13-4-2-3-12-16(13)22-17(18(25)26)23(12)10-15(24)21-14-6-5-11(19)9-20-14;11-8-1-3-9(4-2-8)12-5-6-14-7-10(12)13/h2-6,9H,7-8,10H2,1H3,(H,25,26)(H,20,21,24);1-4H,5-7,11H2. The lowest BCUT2D eigenvalue weighted by molar-refractivity contribution is -0.125. The Kier molecular flexibility index (Phi) is 10.3. The van der Waals surface area contributed by atoms with Crippen molar-refractivity contribution in [1.82, 2.24) is 14.5 Å². The minimum atomic E-state index is -1.25. The average molecular weight is 597 g/mol. The second kappa shape index (κ2) is 14.3. The lowest BCUT2D eigenvalue weighted by Crippen LogP contribution is -2.41. The summed E-state index contributed by atoms with van der Waals surface area (Å²) >= 11 is 5.77. The molecule has 2 aromatic carbocycles. The fraction of sp³-hybridized carbons (Fsp3) is 0.250. The Morgan fingerprint density at radius 2 is 1.93 bits per heavy atom. The van der Waals surface area contributed by atoms with Gasteiger partial charge < -0.3 is 39.8 Å². The summed E-state index contributed by atoms with van der Waals surface area (Å²) in [6.45, 7) is 1.78. The van der Waals surface area contributed by atoms with E-state index < -0.39 is 11.9 Å². The van der Waals surface area contributed by atoms with Crippen LogP contribution in [0.2, 0.25) is 5.02 Å². The first kappa shape index (κ1) is 30.2. The Hall–Kier alpha value is -4.72. The molecule has 14 heteroatoms. The molecule has 4 aromatic rings. The second-order valence-corrected chi connectivity index (χ2v) is 9.33. The predicted octanol–water partition coefficient (Wildman–Crippen LogP) is 3.08. The summed E-state index contributed by atoms with van der Waals surface area (Å²) in [6, 6.07) is 15.5. The second-order valence-electron chi connectivity index (χ2n) is 8.89. The van der Waals surface area contributed by atoms with Gasteiger partial charge in [-0.2, -0.15) is 0 Å². The van der Waals surface area contributed by atoms with E-state index in [1.807, 2.05) is 12.1 Å². The summed E-state index contributed by atoms with van der Waals surface area (Å²) in [5.74, 6) is -1.26. The van der Waals surface area contributed by atoms with Crippen LogP contribution in [0.3, 0.4) is 0 Å². The number of morpholine rings is 1. The number of aromatic nitrogens is 3. The van der Waals surface area contributed by atoms with E-state index in [2.05, 4.69) is 15.3 Å². The van der Waals surface area contributed by atoms with Gasteiger partial charge in [-0.1, -0.05) is 17.7 Å². The van der Waals surface area contributed by atoms with Crippen molar-refractivity contribution in [3.63, 3.8) is 0 Å². The molecule has 1 aliphatic rings. The van der Waals surface area contributed by atoms with Crippen molar-refractivity contribution in [3.05, 3.63) is 71.6 Å². The Bertz CT molecular complexity index is 1540. The highest BCUT2D eigenvalue weighted by molar-refractivity contribution is 6.30. The summed E-state index contributed by atoms with van der Waals surface area (Å²) in [7, 11) is 1.55. The topological polar surface area (TPSA) is 171 Å². The van der Waals surface area contributed by atoms with Crippen LogP contribution in [-0.4, -0.2) is 77.5 Å². The van der Waals surface area contributed by atoms with Gasteiger partial charge in [-0.05, 0) is 48.5 Å². The lowest BCUT2D eigenvalue weighted by atomic mass is 10.2. The molecule has 2 amide bonds. The number of nitrogen functional groups attached to an aromatic ring is 1. The number of pyridine rings is 1. The molecule has 4 N–H and O–H groups in total. The number of amides is 2. The molecule has 13 nitrogen and oxygen atoms in total. The fourth-order valence-corrected chi connectivity index (χ4v) is 4.13. The van der Waals surface area contributed by atoms with Crippen molar-refractivity contribution in [2.75, 3.05) is 56.0 Å². The molecular weight excluding hydrogens is 568 g/mol. The molecule has 1 saturated heterocycles. The van der Waals surface area contributed by atoms with E-state index in [1.54, 1.807) is 54.5 Å². The van der Waals surface area contributed by atoms with Gasteiger partial charge in [-0.3, -0.25) is 9.59 Å². The Morgan fingerprint density at radius 1 is 1.14 bits per heavy atom. The van der Waals surface area contributed by atoms with Crippen LogP contribution in [0, 0.1) is 0 Å². The van der Waals surface area contributed by atoms with Gasteiger partial charge in [0.05, 0.1) is 23.8 Å². The van der Waals surface area contributed by atoms with E-state index in [1.165, 1.54) is 10.8 Å². The number of para-hydroxylation sites is 1. The molecule has 0 saturated carbocycles. The largest absolute Gasteiger partial charge is 0.489 e. The third-order valence-corrected chi connectivity index (χ3v) is 6.19. The highest BCUT2D eigenvalue weighted by Crippen LogP contribution is 2.26. The van der Waals surface area contributed by atoms with Crippen LogP contribution in [0.15, 0.2) is 60.8 Å². The third-order valence-electron chi connectivity index (χ3n) is 5.97. The summed E-state index contributed by atoms with van der Waals surface area (Å²) in [5.41, 5.74) is 7.97. The summed E-state index contributed by atoms with van der Waals surface area (Å²) in [5, 5.41) is 12.5. The zero-order valence-electron chi connectivity index (χ0n) is 22.7. The van der Waals surface area contributed by atoms with E-state index in [-0.39, 0.29) is 31.5 Å². The number of carbonyl (C=O) groups excluding carboxylic acids is 2. The van der Waals surface area contributed by atoms with Crippen molar-refractivity contribution < 1.29 is 33.7 Å². The van der Waals surface area contributed by atoms with E-state index >= 15 is 0 Å². The number of ether oxygens (including phenoxy) is 3. The first-order valence-electron chi connectivity index (χ1n) is 12.8. The molecule has 0 bridgehead atoms. The number of nitrogens with zero attached hydrogens (tertiary/aromatic N) is 4. The minimum absolute atomic E-state index is 0.000946. The first-order chi connectivity index (χ1) is 20.3. The number of rotatable bonds is 9. The Morgan fingerprint density at radius 3 is 2.60 bits per heavy atom. The van der Waals surface area contributed by atoms with Gasteiger partial charge in [-0.25, -0.2) is 14.8 Å². The molecule has 0 radical (unpaired) electrons. The monoisotopic (exact) mass is 596 g/mol. The normalized spacial score (nSPS) is 12.9. The van der Waals surface area contributed by atoms with Crippen molar-refractivity contribution >= 4 is 57.6 Å². The van der Waals surface area contributed by atoms with Crippen molar-refractivity contribution in [2.45, 2.75) is 6.54 Å². The molecule has 0 aliphatic carbocycles. The van der Waals surface area contributed by atoms with Crippen LogP contribution in [0.1, 0.15) is 10.6 Å². The minimum Gasteiger partial charge on any atom is -0.489 e. The zero-order valence-corrected chi connectivity index (χ0v) is 23.4. The van der Waals surface area contributed by atoms with Gasteiger partial charge in [0, 0.05) is 31.2 Å². The molecule has 2 aromatic heterocycles. The third kappa shape index (κ3) is 7.72. The van der Waals surface area contributed by atoms with Gasteiger partial charge in [0.15, 0.2) is 0 Å². The molecular formula is C28H29ClN6O7. The summed E-state index contributed by atoms with van der Waals surface area (Å²) in [4.78, 5) is 45.3. The summed E-state index contributed by atoms with van der Waals surface area (Å²) < 4.78 is 16.9. The van der Waals surface area contributed by atoms with Crippen molar-refractivity contribution in [1.29, 1.82) is 0 Å².